The number of anilines is 1. The van der Waals surface area contributed by atoms with Crippen LogP contribution in [0.15, 0.2) is 28.7 Å². The molecule has 0 spiro atoms. The Morgan fingerprint density at radius 1 is 1.29 bits per heavy atom. The van der Waals surface area contributed by atoms with Crippen LogP contribution >= 0.6 is 15.9 Å². The van der Waals surface area contributed by atoms with Crippen LogP contribution in [0.3, 0.4) is 0 Å². The Morgan fingerprint density at radius 3 is 2.53 bits per heavy atom. The van der Waals surface area contributed by atoms with Crippen molar-refractivity contribution in [3.05, 3.63) is 28.7 Å². The van der Waals surface area contributed by atoms with Crippen molar-refractivity contribution in [1.29, 1.82) is 0 Å². The van der Waals surface area contributed by atoms with Crippen molar-refractivity contribution in [3.8, 4) is 0 Å². The second-order valence-electron chi connectivity index (χ2n) is 4.38. The molecule has 3 heteroatoms. The summed E-state index contributed by atoms with van der Waals surface area (Å²) in [5.41, 5.74) is 1.10. The van der Waals surface area contributed by atoms with Gasteiger partial charge in [0.2, 0.25) is 0 Å². The maximum absolute atomic E-state index is 11.4. The van der Waals surface area contributed by atoms with Gasteiger partial charge in [-0.05, 0) is 44.0 Å². The summed E-state index contributed by atoms with van der Waals surface area (Å²) in [7, 11) is 0. The van der Waals surface area contributed by atoms with Gasteiger partial charge in [0.25, 0.3) is 0 Å². The van der Waals surface area contributed by atoms with Crippen LogP contribution in [0.4, 0.5) is 5.69 Å². The number of Topliss-reactive ketones (excluding diaryl/α,β-unsaturated/α-hetero) is 1. The lowest BCUT2D eigenvalue weighted by molar-refractivity contribution is -0.119. The van der Waals surface area contributed by atoms with Gasteiger partial charge in [-0.25, -0.2) is 0 Å². The first-order valence-corrected chi connectivity index (χ1v) is 6.95. The molecule has 0 aromatic heterocycles. The van der Waals surface area contributed by atoms with E-state index in [9.17, 15) is 4.79 Å². The number of ketones is 1. The average molecular weight is 298 g/mol. The van der Waals surface area contributed by atoms with Gasteiger partial charge < -0.3 is 5.32 Å². The molecule has 1 aromatic carbocycles. The molecule has 0 fully saturated rings. The van der Waals surface area contributed by atoms with E-state index >= 15 is 0 Å². The Kier molecular flexibility index (Phi) is 6.27. The molecule has 17 heavy (non-hydrogen) atoms. The molecule has 0 aliphatic rings. The zero-order valence-corrected chi connectivity index (χ0v) is 12.1. The van der Waals surface area contributed by atoms with E-state index in [0.29, 0.717) is 24.7 Å². The highest BCUT2D eigenvalue weighted by Crippen LogP contribution is 2.16. The molecular formula is C14H20BrNO. The van der Waals surface area contributed by atoms with Crippen LogP contribution in [0.5, 0.6) is 0 Å². The minimum Gasteiger partial charge on any atom is -0.383 e. The smallest absolute Gasteiger partial charge is 0.132 e. The average Bonchev–Trinajstić information content (AvgIpc) is 2.30. The summed E-state index contributed by atoms with van der Waals surface area (Å²) in [4.78, 5) is 11.4. The minimum absolute atomic E-state index is 0.331. The normalized spacial score (nSPS) is 12.2. The number of carbonyl (C=O) groups excluding carboxylic acids is 1. The van der Waals surface area contributed by atoms with Gasteiger partial charge in [-0.15, -0.1) is 0 Å². The van der Waals surface area contributed by atoms with E-state index in [2.05, 4.69) is 28.2 Å². The largest absolute Gasteiger partial charge is 0.383 e. The Balaban J connectivity index is 2.31. The molecular weight excluding hydrogens is 278 g/mol. The fraction of sp³-hybridized carbons (Fsp3) is 0.500. The summed E-state index contributed by atoms with van der Waals surface area (Å²) in [5, 5.41) is 3.39. The van der Waals surface area contributed by atoms with Crippen molar-refractivity contribution in [2.24, 2.45) is 0 Å². The summed E-state index contributed by atoms with van der Waals surface area (Å²) in [6, 6.07) is 8.43. The molecule has 1 N–H and O–H groups in total. The van der Waals surface area contributed by atoms with Gasteiger partial charge in [-0.3, -0.25) is 4.79 Å². The second-order valence-corrected chi connectivity index (χ2v) is 5.30. The summed E-state index contributed by atoms with van der Waals surface area (Å²) >= 11 is 3.41. The Hall–Kier alpha value is -0.830. The molecule has 0 bridgehead atoms. The summed E-state index contributed by atoms with van der Waals surface area (Å²) < 4.78 is 1.08. The van der Waals surface area contributed by atoms with Gasteiger partial charge >= 0.3 is 0 Å². The van der Waals surface area contributed by atoms with E-state index in [0.717, 1.165) is 23.0 Å². The van der Waals surface area contributed by atoms with E-state index < -0.39 is 0 Å². The Morgan fingerprint density at radius 2 is 1.94 bits per heavy atom. The molecule has 2 nitrogen and oxygen atoms in total. The number of nitrogens with one attached hydrogen (secondary N) is 1. The van der Waals surface area contributed by atoms with E-state index in [4.69, 9.17) is 0 Å². The van der Waals surface area contributed by atoms with Crippen LogP contribution in [-0.4, -0.2) is 11.8 Å². The third-order valence-corrected chi connectivity index (χ3v) is 3.17. The number of halogens is 1. The highest BCUT2D eigenvalue weighted by molar-refractivity contribution is 9.10. The zero-order valence-electron chi connectivity index (χ0n) is 10.5. The molecule has 1 unspecified atom stereocenters. The number of hydrogen-bond donors (Lipinski definition) is 1. The standard InChI is InChI=1S/C14H20BrNO/c1-3-4-14(17)10-5-11(2)16-13-8-6-12(15)7-9-13/h6-9,11,16H,3-5,10H2,1-2H3. The molecule has 0 amide bonds. The maximum Gasteiger partial charge on any atom is 0.132 e. The van der Waals surface area contributed by atoms with Gasteiger partial charge in [0.05, 0.1) is 0 Å². The van der Waals surface area contributed by atoms with Gasteiger partial charge in [0.1, 0.15) is 5.78 Å². The van der Waals surface area contributed by atoms with Gasteiger partial charge in [-0.1, -0.05) is 22.9 Å². The zero-order chi connectivity index (χ0) is 12.7. The molecule has 0 saturated carbocycles. The number of carbonyl (C=O) groups is 1. The lowest BCUT2D eigenvalue weighted by Crippen LogP contribution is -2.16. The van der Waals surface area contributed by atoms with Crippen molar-refractivity contribution in [3.63, 3.8) is 0 Å². The van der Waals surface area contributed by atoms with Crippen LogP contribution in [0, 0.1) is 0 Å². The van der Waals surface area contributed by atoms with E-state index in [-0.39, 0.29) is 0 Å². The SMILES string of the molecule is CCCC(=O)CCC(C)Nc1ccc(Br)cc1. The van der Waals surface area contributed by atoms with Crippen LogP contribution in [0.2, 0.25) is 0 Å². The molecule has 1 aromatic rings. The first kappa shape index (κ1) is 14.2. The van der Waals surface area contributed by atoms with Crippen LogP contribution < -0.4 is 5.32 Å². The van der Waals surface area contributed by atoms with Crippen LogP contribution in [0.25, 0.3) is 0 Å². The van der Waals surface area contributed by atoms with Gasteiger partial charge in [0, 0.05) is 29.0 Å². The molecule has 0 saturated heterocycles. The summed E-state index contributed by atoms with van der Waals surface area (Å²) in [5.74, 6) is 0.372. The van der Waals surface area contributed by atoms with Crippen LogP contribution in [0.1, 0.15) is 39.5 Å². The lowest BCUT2D eigenvalue weighted by Gasteiger charge is -2.14. The predicted molar refractivity (Wildman–Crippen MR) is 76.4 cm³/mol. The Labute approximate surface area is 112 Å². The van der Waals surface area contributed by atoms with Crippen LogP contribution in [-0.2, 0) is 4.79 Å². The fourth-order valence-corrected chi connectivity index (χ4v) is 1.95. The summed E-state index contributed by atoms with van der Waals surface area (Å²) in [6.45, 7) is 4.16. The second kappa shape index (κ2) is 7.49. The fourth-order valence-electron chi connectivity index (χ4n) is 1.68. The third-order valence-electron chi connectivity index (χ3n) is 2.64. The first-order chi connectivity index (χ1) is 8.11. The molecule has 1 atom stereocenters. The highest BCUT2D eigenvalue weighted by atomic mass is 79.9. The maximum atomic E-state index is 11.4. The molecule has 0 aliphatic heterocycles. The molecule has 0 radical (unpaired) electrons. The predicted octanol–water partition coefficient (Wildman–Crippen LogP) is 4.40. The molecule has 94 valence electrons. The number of hydrogen-bond acceptors (Lipinski definition) is 2. The Bertz CT molecular complexity index is 348. The summed E-state index contributed by atoms with van der Waals surface area (Å²) in [6.07, 6.45) is 3.24. The van der Waals surface area contributed by atoms with E-state index in [1.54, 1.807) is 0 Å². The molecule has 0 heterocycles. The van der Waals surface area contributed by atoms with E-state index in [1.807, 2.05) is 31.2 Å². The molecule has 1 rings (SSSR count). The van der Waals surface area contributed by atoms with Crippen molar-refractivity contribution in [1.82, 2.24) is 0 Å². The van der Waals surface area contributed by atoms with Crippen molar-refractivity contribution < 1.29 is 4.79 Å². The monoisotopic (exact) mass is 297 g/mol. The highest BCUT2D eigenvalue weighted by Gasteiger charge is 2.06. The topological polar surface area (TPSA) is 29.1 Å². The molecule has 0 aliphatic carbocycles. The van der Waals surface area contributed by atoms with Crippen molar-refractivity contribution in [2.75, 3.05) is 5.32 Å². The number of rotatable bonds is 7. The van der Waals surface area contributed by atoms with E-state index in [1.165, 1.54) is 0 Å². The first-order valence-electron chi connectivity index (χ1n) is 6.15. The lowest BCUT2D eigenvalue weighted by atomic mass is 10.1. The van der Waals surface area contributed by atoms with Gasteiger partial charge in [0.15, 0.2) is 0 Å². The van der Waals surface area contributed by atoms with Crippen molar-refractivity contribution >= 4 is 27.4 Å². The van der Waals surface area contributed by atoms with Gasteiger partial charge in [-0.2, -0.15) is 0 Å². The number of benzene rings is 1. The quantitative estimate of drug-likeness (QED) is 0.808. The van der Waals surface area contributed by atoms with Crippen molar-refractivity contribution in [2.45, 2.75) is 45.6 Å². The minimum atomic E-state index is 0.331. The third kappa shape index (κ3) is 5.87.